The number of hydrogen-bond donors (Lipinski definition) is 2. The van der Waals surface area contributed by atoms with Crippen LogP contribution in [-0.2, 0) is 0 Å². The summed E-state index contributed by atoms with van der Waals surface area (Å²) >= 11 is 2.72. The Morgan fingerprint density at radius 3 is 2.83 bits per heavy atom. The minimum Gasteiger partial charge on any atom is -0.388 e. The van der Waals surface area contributed by atoms with Crippen molar-refractivity contribution in [2.75, 3.05) is 10.6 Å². The smallest absolute Gasteiger partial charge is 0.388 e. The molecular formula is C14H13N5O2S2. The van der Waals surface area contributed by atoms with Crippen LogP contribution >= 0.6 is 22.7 Å². The van der Waals surface area contributed by atoms with Crippen LogP contribution in [0.15, 0.2) is 29.8 Å². The van der Waals surface area contributed by atoms with Crippen molar-refractivity contribution < 1.29 is 9.53 Å². The summed E-state index contributed by atoms with van der Waals surface area (Å²) in [4.78, 5) is 24.5. The Balaban J connectivity index is 1.71. The lowest BCUT2D eigenvalue weighted by molar-refractivity contribution is 0.214. The van der Waals surface area contributed by atoms with Gasteiger partial charge in [-0.1, -0.05) is 17.4 Å². The minimum atomic E-state index is -0.631. The van der Waals surface area contributed by atoms with Crippen LogP contribution in [0, 0.1) is 13.8 Å². The lowest BCUT2D eigenvalue weighted by atomic mass is 10.5. The lowest BCUT2D eigenvalue weighted by Gasteiger charge is -2.05. The van der Waals surface area contributed by atoms with E-state index in [1.165, 1.54) is 22.7 Å². The molecule has 0 fully saturated rings. The fourth-order valence-corrected chi connectivity index (χ4v) is 3.15. The van der Waals surface area contributed by atoms with E-state index in [1.807, 2.05) is 37.4 Å². The lowest BCUT2D eigenvalue weighted by Crippen LogP contribution is -2.17. The Morgan fingerprint density at radius 1 is 1.26 bits per heavy atom. The maximum absolute atomic E-state index is 12.0. The van der Waals surface area contributed by atoms with Gasteiger partial charge in [-0.15, -0.1) is 11.3 Å². The van der Waals surface area contributed by atoms with Gasteiger partial charge in [0.05, 0.1) is 10.7 Å². The van der Waals surface area contributed by atoms with Crippen molar-refractivity contribution in [3.63, 3.8) is 0 Å². The molecule has 9 heteroatoms. The number of carbonyl (C=O) groups excluding carboxylic acids is 1. The fraction of sp³-hybridized carbons (Fsp3) is 0.143. The molecule has 118 valence electrons. The van der Waals surface area contributed by atoms with Crippen LogP contribution in [0.3, 0.4) is 0 Å². The van der Waals surface area contributed by atoms with Crippen LogP contribution in [0.25, 0.3) is 0 Å². The molecule has 0 radical (unpaired) electrons. The summed E-state index contributed by atoms with van der Waals surface area (Å²) < 4.78 is 5.28. The van der Waals surface area contributed by atoms with Crippen LogP contribution in [0.2, 0.25) is 0 Å². The molecule has 0 atom stereocenters. The SMILES string of the molecule is Cc1csc(NC(=O)Oc2nc(C)sc2Nc2ccccn2)n1. The van der Waals surface area contributed by atoms with Crippen LogP contribution in [-0.4, -0.2) is 21.0 Å². The van der Waals surface area contributed by atoms with Crippen LogP contribution in [0.4, 0.5) is 20.7 Å². The third-order valence-corrected chi connectivity index (χ3v) is 4.37. The van der Waals surface area contributed by atoms with Crippen molar-refractivity contribution in [3.8, 4) is 5.88 Å². The van der Waals surface area contributed by atoms with Gasteiger partial charge in [0.2, 0.25) is 0 Å². The van der Waals surface area contributed by atoms with Gasteiger partial charge in [0.15, 0.2) is 10.1 Å². The first-order valence-corrected chi connectivity index (χ1v) is 8.36. The molecule has 3 aromatic rings. The van der Waals surface area contributed by atoms with Gasteiger partial charge in [0.1, 0.15) is 5.82 Å². The third-order valence-electron chi connectivity index (χ3n) is 2.63. The molecular weight excluding hydrogens is 334 g/mol. The van der Waals surface area contributed by atoms with Gasteiger partial charge in [-0.25, -0.2) is 19.7 Å². The Labute approximate surface area is 140 Å². The number of ether oxygens (including phenoxy) is 1. The zero-order chi connectivity index (χ0) is 16.2. The molecule has 7 nitrogen and oxygen atoms in total. The van der Waals surface area contributed by atoms with Gasteiger partial charge in [-0.2, -0.15) is 0 Å². The highest BCUT2D eigenvalue weighted by molar-refractivity contribution is 7.16. The number of amides is 1. The zero-order valence-electron chi connectivity index (χ0n) is 12.4. The number of aryl methyl sites for hydroxylation is 2. The highest BCUT2D eigenvalue weighted by atomic mass is 32.1. The van der Waals surface area contributed by atoms with E-state index >= 15 is 0 Å². The predicted octanol–water partition coefficient (Wildman–Crippen LogP) is 3.97. The number of nitrogens with one attached hydrogen (secondary N) is 2. The summed E-state index contributed by atoms with van der Waals surface area (Å²) in [5.74, 6) is 0.862. The molecule has 23 heavy (non-hydrogen) atoms. The van der Waals surface area contributed by atoms with Crippen molar-refractivity contribution in [2.45, 2.75) is 13.8 Å². The van der Waals surface area contributed by atoms with Crippen LogP contribution in [0.5, 0.6) is 5.88 Å². The number of hydrogen-bond acceptors (Lipinski definition) is 8. The molecule has 0 bridgehead atoms. The van der Waals surface area contributed by atoms with Gasteiger partial charge < -0.3 is 10.1 Å². The highest BCUT2D eigenvalue weighted by Crippen LogP contribution is 2.33. The van der Waals surface area contributed by atoms with E-state index in [4.69, 9.17) is 4.74 Å². The van der Waals surface area contributed by atoms with E-state index in [0.29, 0.717) is 16.0 Å². The van der Waals surface area contributed by atoms with E-state index in [2.05, 4.69) is 25.6 Å². The van der Waals surface area contributed by atoms with Crippen molar-refractivity contribution in [1.29, 1.82) is 0 Å². The molecule has 3 heterocycles. The van der Waals surface area contributed by atoms with Crippen LogP contribution in [0.1, 0.15) is 10.7 Å². The molecule has 0 aliphatic heterocycles. The van der Waals surface area contributed by atoms with E-state index in [0.717, 1.165) is 10.7 Å². The molecule has 0 unspecified atom stereocenters. The topological polar surface area (TPSA) is 89.0 Å². The molecule has 0 saturated heterocycles. The van der Waals surface area contributed by atoms with E-state index in [1.54, 1.807) is 6.20 Å². The maximum atomic E-state index is 12.0. The Hall–Kier alpha value is -2.52. The minimum absolute atomic E-state index is 0.212. The highest BCUT2D eigenvalue weighted by Gasteiger charge is 2.16. The molecule has 0 saturated carbocycles. The number of thiazole rings is 2. The van der Waals surface area contributed by atoms with E-state index in [9.17, 15) is 4.79 Å². The number of rotatable bonds is 4. The van der Waals surface area contributed by atoms with Crippen LogP contribution < -0.4 is 15.4 Å². The average Bonchev–Trinajstić information content (AvgIpc) is 3.06. The summed E-state index contributed by atoms with van der Waals surface area (Å²) in [6.45, 7) is 3.69. The Bertz CT molecular complexity index is 816. The molecule has 2 N–H and O–H groups in total. The summed E-state index contributed by atoms with van der Waals surface area (Å²) in [7, 11) is 0. The number of aromatic nitrogens is 3. The number of nitrogens with zero attached hydrogens (tertiary/aromatic N) is 3. The largest absolute Gasteiger partial charge is 0.420 e. The van der Waals surface area contributed by atoms with Crippen molar-refractivity contribution in [1.82, 2.24) is 15.0 Å². The first-order valence-electron chi connectivity index (χ1n) is 6.66. The summed E-state index contributed by atoms with van der Waals surface area (Å²) in [6, 6.07) is 5.50. The molecule has 0 aromatic carbocycles. The second-order valence-corrected chi connectivity index (χ2v) is 6.58. The summed E-state index contributed by atoms with van der Waals surface area (Å²) in [6.07, 6.45) is 1.04. The number of anilines is 3. The normalized spacial score (nSPS) is 10.3. The molecule has 0 aliphatic carbocycles. The average molecular weight is 347 g/mol. The maximum Gasteiger partial charge on any atom is 0.420 e. The third kappa shape index (κ3) is 4.02. The number of pyridine rings is 1. The Kier molecular flexibility index (Phi) is 4.49. The molecule has 0 aliphatic rings. The Morgan fingerprint density at radius 2 is 2.13 bits per heavy atom. The predicted molar refractivity (Wildman–Crippen MR) is 90.9 cm³/mol. The van der Waals surface area contributed by atoms with Gasteiger partial charge in [0.25, 0.3) is 5.88 Å². The second-order valence-electron chi connectivity index (χ2n) is 4.52. The molecule has 0 spiro atoms. The molecule has 3 aromatic heterocycles. The summed E-state index contributed by atoms with van der Waals surface area (Å²) in [5.41, 5.74) is 0.840. The standard InChI is InChI=1S/C14H13N5O2S2/c1-8-7-22-13(16-8)19-14(20)21-11-12(23-9(2)17-11)18-10-5-3-4-6-15-10/h3-7H,1-2H3,(H,15,18)(H,16,19,20). The van der Waals surface area contributed by atoms with Gasteiger partial charge in [-0.05, 0) is 26.0 Å². The first kappa shape index (κ1) is 15.4. The van der Waals surface area contributed by atoms with Crippen molar-refractivity contribution in [3.05, 3.63) is 40.5 Å². The van der Waals surface area contributed by atoms with E-state index < -0.39 is 6.09 Å². The monoisotopic (exact) mass is 347 g/mol. The van der Waals surface area contributed by atoms with E-state index in [-0.39, 0.29) is 5.88 Å². The van der Waals surface area contributed by atoms with Gasteiger partial charge >= 0.3 is 6.09 Å². The van der Waals surface area contributed by atoms with Crippen molar-refractivity contribution >= 4 is 44.7 Å². The quantitative estimate of drug-likeness (QED) is 0.742. The fourth-order valence-electron chi connectivity index (χ4n) is 1.72. The van der Waals surface area contributed by atoms with Crippen molar-refractivity contribution in [2.24, 2.45) is 0 Å². The summed E-state index contributed by atoms with van der Waals surface area (Å²) in [5, 5.41) is 9.39. The first-order chi connectivity index (χ1) is 11.1. The molecule has 1 amide bonds. The zero-order valence-corrected chi connectivity index (χ0v) is 14.0. The van der Waals surface area contributed by atoms with Gasteiger partial charge in [-0.3, -0.25) is 5.32 Å². The second kappa shape index (κ2) is 6.71. The number of carbonyl (C=O) groups is 1. The van der Waals surface area contributed by atoms with Gasteiger partial charge in [0, 0.05) is 11.6 Å². The molecule has 3 rings (SSSR count).